The average molecular weight is 259 g/mol. The van der Waals surface area contributed by atoms with Gasteiger partial charge in [0.1, 0.15) is 6.61 Å². The quantitative estimate of drug-likeness (QED) is 0.785. The van der Waals surface area contributed by atoms with Gasteiger partial charge in [0.15, 0.2) is 0 Å². The Balaban J connectivity index is 2.03. The van der Waals surface area contributed by atoms with Crippen LogP contribution in [-0.2, 0) is 6.54 Å². The minimum atomic E-state index is -0.108. The zero-order chi connectivity index (χ0) is 13.5. The van der Waals surface area contributed by atoms with Crippen LogP contribution in [-0.4, -0.2) is 40.9 Å². The molecular weight excluding hydrogens is 238 g/mol. The van der Waals surface area contributed by atoms with E-state index in [2.05, 4.69) is 28.9 Å². The summed E-state index contributed by atoms with van der Waals surface area (Å²) >= 11 is 0. The van der Waals surface area contributed by atoms with E-state index in [4.69, 9.17) is 10.2 Å². The van der Waals surface area contributed by atoms with Crippen LogP contribution in [0, 0.1) is 11.8 Å². The van der Waals surface area contributed by atoms with Gasteiger partial charge < -0.3 is 10.2 Å². The molecule has 0 bridgehead atoms. The highest BCUT2D eigenvalue weighted by atomic mass is 16.3. The van der Waals surface area contributed by atoms with E-state index in [0.29, 0.717) is 6.04 Å². The smallest absolute Gasteiger partial charge is 0.104 e. The summed E-state index contributed by atoms with van der Waals surface area (Å²) in [5.74, 6) is 5.60. The molecular formula is C16H21NO2. The van der Waals surface area contributed by atoms with Gasteiger partial charge in [0.05, 0.1) is 6.61 Å². The topological polar surface area (TPSA) is 43.7 Å². The SMILES string of the molecule is OCC#Cc1cccc(CN(CCO)C2CCC2)c1. The highest BCUT2D eigenvalue weighted by Crippen LogP contribution is 2.26. The number of nitrogens with zero attached hydrogens (tertiary/aromatic N) is 1. The third kappa shape index (κ3) is 4.07. The third-order valence-corrected chi connectivity index (χ3v) is 3.60. The van der Waals surface area contributed by atoms with Gasteiger partial charge in [-0.2, -0.15) is 0 Å². The fourth-order valence-electron chi connectivity index (χ4n) is 2.39. The largest absolute Gasteiger partial charge is 0.395 e. The molecule has 0 radical (unpaired) electrons. The summed E-state index contributed by atoms with van der Waals surface area (Å²) < 4.78 is 0. The fraction of sp³-hybridized carbons (Fsp3) is 0.500. The van der Waals surface area contributed by atoms with Crippen molar-refractivity contribution < 1.29 is 10.2 Å². The molecule has 1 aromatic rings. The number of aliphatic hydroxyl groups is 2. The van der Waals surface area contributed by atoms with E-state index in [9.17, 15) is 0 Å². The summed E-state index contributed by atoms with van der Waals surface area (Å²) in [7, 11) is 0. The molecule has 0 spiro atoms. The van der Waals surface area contributed by atoms with Gasteiger partial charge in [-0.25, -0.2) is 0 Å². The van der Waals surface area contributed by atoms with Crippen molar-refractivity contribution in [3.63, 3.8) is 0 Å². The Hall–Kier alpha value is -1.34. The van der Waals surface area contributed by atoms with Gasteiger partial charge >= 0.3 is 0 Å². The molecule has 0 heterocycles. The molecule has 0 aromatic heterocycles. The Morgan fingerprint density at radius 1 is 1.26 bits per heavy atom. The molecule has 102 valence electrons. The zero-order valence-electron chi connectivity index (χ0n) is 11.2. The molecule has 3 heteroatoms. The van der Waals surface area contributed by atoms with Gasteiger partial charge in [0.2, 0.25) is 0 Å². The van der Waals surface area contributed by atoms with Crippen molar-refractivity contribution >= 4 is 0 Å². The summed E-state index contributed by atoms with van der Waals surface area (Å²) in [4.78, 5) is 2.35. The molecule has 0 aliphatic heterocycles. The number of benzene rings is 1. The first-order chi connectivity index (χ1) is 9.33. The van der Waals surface area contributed by atoms with Crippen LogP contribution in [0.4, 0.5) is 0 Å². The van der Waals surface area contributed by atoms with Gasteiger partial charge in [-0.1, -0.05) is 30.4 Å². The predicted octanol–water partition coefficient (Wildman–Crippen LogP) is 1.38. The van der Waals surface area contributed by atoms with E-state index in [1.165, 1.54) is 24.8 Å². The molecule has 0 amide bonds. The molecule has 1 saturated carbocycles. The van der Waals surface area contributed by atoms with Crippen molar-refractivity contribution in [2.24, 2.45) is 0 Å². The molecule has 2 rings (SSSR count). The van der Waals surface area contributed by atoms with E-state index in [1.54, 1.807) is 0 Å². The Morgan fingerprint density at radius 3 is 2.74 bits per heavy atom. The Bertz CT molecular complexity index is 457. The van der Waals surface area contributed by atoms with Gasteiger partial charge in [0, 0.05) is 24.7 Å². The second-order valence-corrected chi connectivity index (χ2v) is 4.94. The van der Waals surface area contributed by atoms with Crippen LogP contribution in [0.2, 0.25) is 0 Å². The Kier molecular flexibility index (Phi) is 5.41. The summed E-state index contributed by atoms with van der Waals surface area (Å²) in [6, 6.07) is 8.72. The summed E-state index contributed by atoms with van der Waals surface area (Å²) in [5.41, 5.74) is 2.15. The molecule has 1 aliphatic carbocycles. The number of hydrogen-bond donors (Lipinski definition) is 2. The molecule has 2 N–H and O–H groups in total. The van der Waals surface area contributed by atoms with Gasteiger partial charge in [0.25, 0.3) is 0 Å². The second kappa shape index (κ2) is 7.30. The van der Waals surface area contributed by atoms with Crippen LogP contribution >= 0.6 is 0 Å². The van der Waals surface area contributed by atoms with E-state index >= 15 is 0 Å². The first kappa shape index (κ1) is 14.1. The van der Waals surface area contributed by atoms with Crippen LogP contribution in [0.5, 0.6) is 0 Å². The Labute approximate surface area is 114 Å². The summed E-state index contributed by atoms with van der Waals surface area (Å²) in [5, 5.41) is 17.9. The maximum absolute atomic E-state index is 9.16. The maximum atomic E-state index is 9.16. The van der Waals surface area contributed by atoms with Gasteiger partial charge in [-0.15, -0.1) is 0 Å². The lowest BCUT2D eigenvalue weighted by Gasteiger charge is -2.37. The lowest BCUT2D eigenvalue weighted by atomic mass is 9.91. The first-order valence-electron chi connectivity index (χ1n) is 6.87. The maximum Gasteiger partial charge on any atom is 0.104 e. The highest BCUT2D eigenvalue weighted by molar-refractivity contribution is 5.37. The van der Waals surface area contributed by atoms with Crippen molar-refractivity contribution in [3.05, 3.63) is 35.4 Å². The molecule has 1 aliphatic rings. The van der Waals surface area contributed by atoms with Crippen LogP contribution in [0.3, 0.4) is 0 Å². The monoisotopic (exact) mass is 259 g/mol. The van der Waals surface area contributed by atoms with E-state index in [0.717, 1.165) is 18.7 Å². The van der Waals surface area contributed by atoms with Crippen LogP contribution in [0.1, 0.15) is 30.4 Å². The molecule has 1 aromatic carbocycles. The minimum absolute atomic E-state index is 0.108. The van der Waals surface area contributed by atoms with Crippen molar-refractivity contribution in [3.8, 4) is 11.8 Å². The second-order valence-electron chi connectivity index (χ2n) is 4.94. The van der Waals surface area contributed by atoms with E-state index in [1.807, 2.05) is 12.1 Å². The van der Waals surface area contributed by atoms with Crippen molar-refractivity contribution in [1.29, 1.82) is 0 Å². The van der Waals surface area contributed by atoms with E-state index < -0.39 is 0 Å². The molecule has 19 heavy (non-hydrogen) atoms. The van der Waals surface area contributed by atoms with Crippen LogP contribution in [0.15, 0.2) is 24.3 Å². The molecule has 0 atom stereocenters. The van der Waals surface area contributed by atoms with Gasteiger partial charge in [-0.3, -0.25) is 4.90 Å². The molecule has 0 unspecified atom stereocenters. The third-order valence-electron chi connectivity index (χ3n) is 3.60. The standard InChI is InChI=1S/C16H21NO2/c18-10-3-6-14-4-1-5-15(12-14)13-17(9-11-19)16-7-2-8-16/h1,4-5,12,16,18-19H,2,7-11,13H2. The van der Waals surface area contributed by atoms with Crippen LogP contribution in [0.25, 0.3) is 0 Å². The highest BCUT2D eigenvalue weighted by Gasteiger charge is 2.24. The predicted molar refractivity (Wildman–Crippen MR) is 75.5 cm³/mol. The number of hydrogen-bond acceptors (Lipinski definition) is 3. The number of rotatable bonds is 5. The van der Waals surface area contributed by atoms with Crippen molar-refractivity contribution in [1.82, 2.24) is 4.90 Å². The fourth-order valence-corrected chi connectivity index (χ4v) is 2.39. The minimum Gasteiger partial charge on any atom is -0.395 e. The first-order valence-corrected chi connectivity index (χ1v) is 6.87. The Morgan fingerprint density at radius 2 is 2.11 bits per heavy atom. The average Bonchev–Trinajstić information content (AvgIpc) is 2.35. The molecule has 0 saturated heterocycles. The molecule has 3 nitrogen and oxygen atoms in total. The van der Waals surface area contributed by atoms with Gasteiger partial charge in [-0.05, 0) is 30.5 Å². The zero-order valence-corrected chi connectivity index (χ0v) is 11.2. The number of aliphatic hydroxyl groups excluding tert-OH is 2. The molecule has 1 fully saturated rings. The lowest BCUT2D eigenvalue weighted by Crippen LogP contribution is -2.41. The van der Waals surface area contributed by atoms with Crippen LogP contribution < -0.4 is 0 Å². The summed E-state index contributed by atoms with van der Waals surface area (Å²) in [6.45, 7) is 1.69. The van der Waals surface area contributed by atoms with Crippen molar-refractivity contribution in [2.45, 2.75) is 31.8 Å². The van der Waals surface area contributed by atoms with Crippen molar-refractivity contribution in [2.75, 3.05) is 19.8 Å². The lowest BCUT2D eigenvalue weighted by molar-refractivity contribution is 0.0945. The summed E-state index contributed by atoms with van der Waals surface area (Å²) in [6.07, 6.45) is 3.78. The van der Waals surface area contributed by atoms with E-state index in [-0.39, 0.29) is 13.2 Å². The normalized spacial score (nSPS) is 14.9.